The van der Waals surface area contributed by atoms with Gasteiger partial charge in [0.25, 0.3) is 0 Å². The summed E-state index contributed by atoms with van der Waals surface area (Å²) >= 11 is 0. The van der Waals surface area contributed by atoms with E-state index in [0.29, 0.717) is 41.1 Å². The number of carboxylic acid groups (broad SMARTS) is 1. The zero-order chi connectivity index (χ0) is 35.3. The molecule has 1 aliphatic rings. The first-order valence-corrected chi connectivity index (χ1v) is 18.0. The van der Waals surface area contributed by atoms with E-state index < -0.39 is 12.2 Å². The van der Waals surface area contributed by atoms with Crippen molar-refractivity contribution in [2.45, 2.75) is 69.9 Å². The average Bonchev–Trinajstić information content (AvgIpc) is 3.12. The van der Waals surface area contributed by atoms with E-state index in [9.17, 15) is 24.9 Å². The standard InChI is InChI=1S/C40H52N4O6/c1-43-24-21-30(22-25-43)39(29-13-8-7-9-14-29)44(40(48)49)31-15-12-16-32(27-31)50-26-11-6-4-2-3-5-10-23-41-28-36(46)33-17-19-35(45)38-34(33)18-20-37(47)42-38/h7-9,12-20,27,30,36,39,41,45-46H,2-6,10-11,21-26,28H2,1H3,(H,42,47)(H,48,49)/t36-,39?/m0/s1. The van der Waals surface area contributed by atoms with Crippen LogP contribution in [-0.4, -0.2) is 71.1 Å². The van der Waals surface area contributed by atoms with Gasteiger partial charge in [0.15, 0.2) is 0 Å². The number of carbonyl (C=O) groups is 1. The SMILES string of the molecule is CN1CCC(C(c2ccccc2)N(C(=O)O)c2cccc(OCCCCCCCCCNC[C@H](O)c3ccc(O)c4[nH]c(=O)ccc34)c2)CC1. The Hall–Kier alpha value is -4.38. The second-order valence-electron chi connectivity index (χ2n) is 13.5. The number of unbranched alkanes of at least 4 members (excludes halogenated alkanes) is 6. The molecule has 4 aromatic rings. The van der Waals surface area contributed by atoms with Crippen LogP contribution < -0.4 is 20.5 Å². The van der Waals surface area contributed by atoms with Crippen LogP contribution in [0.1, 0.15) is 81.1 Å². The van der Waals surface area contributed by atoms with E-state index >= 15 is 0 Å². The molecule has 1 amide bonds. The number of likely N-dealkylation sites (tertiary alicyclic amines) is 1. The van der Waals surface area contributed by atoms with E-state index in [-0.39, 0.29) is 23.3 Å². The number of aliphatic hydroxyl groups excluding tert-OH is 1. The van der Waals surface area contributed by atoms with E-state index in [2.05, 4.69) is 22.2 Å². The van der Waals surface area contributed by atoms with Gasteiger partial charge in [-0.1, -0.05) is 74.6 Å². The van der Waals surface area contributed by atoms with Crippen molar-refractivity contribution in [3.8, 4) is 11.5 Å². The van der Waals surface area contributed by atoms with E-state index in [1.165, 1.54) is 17.0 Å². The van der Waals surface area contributed by atoms with Crippen molar-refractivity contribution in [1.82, 2.24) is 15.2 Å². The fourth-order valence-electron chi connectivity index (χ4n) is 7.06. The molecule has 0 saturated carbocycles. The second kappa shape index (κ2) is 18.6. The first-order valence-electron chi connectivity index (χ1n) is 18.0. The maximum Gasteiger partial charge on any atom is 0.412 e. The molecule has 5 N–H and O–H groups in total. The predicted molar refractivity (Wildman–Crippen MR) is 198 cm³/mol. The van der Waals surface area contributed by atoms with Crippen LogP contribution in [0.5, 0.6) is 11.5 Å². The van der Waals surface area contributed by atoms with Crippen LogP contribution in [0.2, 0.25) is 0 Å². The Labute approximate surface area is 294 Å². The zero-order valence-electron chi connectivity index (χ0n) is 29.1. The summed E-state index contributed by atoms with van der Waals surface area (Å²) in [5.41, 5.74) is 2.37. The van der Waals surface area contributed by atoms with Crippen molar-refractivity contribution in [3.05, 3.63) is 100 Å². The summed E-state index contributed by atoms with van der Waals surface area (Å²) in [7, 11) is 2.12. The lowest BCUT2D eigenvalue weighted by atomic mass is 9.84. The lowest BCUT2D eigenvalue weighted by molar-refractivity contribution is 0.175. The molecule has 10 heteroatoms. The minimum atomic E-state index is -0.953. The largest absolute Gasteiger partial charge is 0.506 e. The molecule has 1 unspecified atom stereocenters. The minimum absolute atomic E-state index is 0.0145. The molecular weight excluding hydrogens is 632 g/mol. The Morgan fingerprint density at radius 1 is 0.940 bits per heavy atom. The molecule has 0 bridgehead atoms. The van der Waals surface area contributed by atoms with Crippen molar-refractivity contribution in [2.75, 3.05) is 44.7 Å². The van der Waals surface area contributed by atoms with Gasteiger partial charge >= 0.3 is 6.09 Å². The molecule has 50 heavy (non-hydrogen) atoms. The predicted octanol–water partition coefficient (Wildman–Crippen LogP) is 7.23. The summed E-state index contributed by atoms with van der Waals surface area (Å²) in [5.74, 6) is 0.903. The number of phenolic OH excluding ortho intramolecular Hbond substituents is 1. The van der Waals surface area contributed by atoms with Gasteiger partial charge in [0.1, 0.15) is 11.5 Å². The quantitative estimate of drug-likeness (QED) is 0.0692. The molecule has 1 fully saturated rings. The number of aromatic amines is 1. The van der Waals surface area contributed by atoms with Gasteiger partial charge in [-0.3, -0.25) is 9.69 Å². The Kier molecular flexibility index (Phi) is 13.7. The number of fused-ring (bicyclic) bond motifs is 1. The topological polar surface area (TPSA) is 138 Å². The number of pyridine rings is 1. The third-order valence-electron chi connectivity index (χ3n) is 9.80. The number of nitrogens with zero attached hydrogens (tertiary/aromatic N) is 2. The van der Waals surface area contributed by atoms with Crippen LogP contribution in [-0.2, 0) is 0 Å². The second-order valence-corrected chi connectivity index (χ2v) is 13.5. The number of amides is 1. The van der Waals surface area contributed by atoms with Gasteiger partial charge in [-0.2, -0.15) is 0 Å². The number of aromatic hydroxyl groups is 1. The van der Waals surface area contributed by atoms with Crippen LogP contribution in [0.3, 0.4) is 0 Å². The summed E-state index contributed by atoms with van der Waals surface area (Å²) < 4.78 is 6.10. The maximum absolute atomic E-state index is 12.8. The van der Waals surface area contributed by atoms with Gasteiger partial charge < -0.3 is 35.3 Å². The van der Waals surface area contributed by atoms with Crippen molar-refractivity contribution in [2.24, 2.45) is 5.92 Å². The highest BCUT2D eigenvalue weighted by atomic mass is 16.5. The molecule has 5 rings (SSSR count). The van der Waals surface area contributed by atoms with Crippen LogP contribution >= 0.6 is 0 Å². The number of piperidine rings is 1. The molecule has 0 radical (unpaired) electrons. The normalized spacial score (nSPS) is 15.2. The molecule has 0 aliphatic carbocycles. The molecule has 2 heterocycles. The molecule has 0 spiro atoms. The molecular formula is C40H52N4O6. The highest BCUT2D eigenvalue weighted by Crippen LogP contribution is 2.39. The summed E-state index contributed by atoms with van der Waals surface area (Å²) in [5, 5.41) is 35.2. The number of aliphatic hydroxyl groups is 1. The minimum Gasteiger partial charge on any atom is -0.506 e. The summed E-state index contributed by atoms with van der Waals surface area (Å²) in [6.45, 7) is 3.70. The summed E-state index contributed by atoms with van der Waals surface area (Å²) in [6.07, 6.45) is 7.76. The lowest BCUT2D eigenvalue weighted by Gasteiger charge is -2.39. The summed E-state index contributed by atoms with van der Waals surface area (Å²) in [6, 6.07) is 23.5. The molecule has 268 valence electrons. The van der Waals surface area contributed by atoms with Gasteiger partial charge in [-0.15, -0.1) is 0 Å². The Balaban J connectivity index is 0.993. The third-order valence-corrected chi connectivity index (χ3v) is 9.80. The van der Waals surface area contributed by atoms with Gasteiger partial charge in [0, 0.05) is 24.1 Å². The van der Waals surface area contributed by atoms with Crippen LogP contribution in [0.15, 0.2) is 83.7 Å². The van der Waals surface area contributed by atoms with Crippen molar-refractivity contribution >= 4 is 22.7 Å². The number of hydrogen-bond acceptors (Lipinski definition) is 7. The third kappa shape index (κ3) is 10.1. The summed E-state index contributed by atoms with van der Waals surface area (Å²) in [4.78, 5) is 30.9. The van der Waals surface area contributed by atoms with E-state index in [0.717, 1.165) is 83.0 Å². The molecule has 10 nitrogen and oxygen atoms in total. The number of nitrogens with one attached hydrogen (secondary N) is 2. The van der Waals surface area contributed by atoms with Crippen LogP contribution in [0, 0.1) is 5.92 Å². The number of phenols is 1. The van der Waals surface area contributed by atoms with Gasteiger partial charge in [0.05, 0.1) is 30.0 Å². The van der Waals surface area contributed by atoms with E-state index in [1.807, 2.05) is 54.6 Å². The first kappa shape index (κ1) is 36.9. The van der Waals surface area contributed by atoms with Crippen LogP contribution in [0.25, 0.3) is 10.9 Å². The number of aromatic nitrogens is 1. The maximum atomic E-state index is 12.8. The number of ether oxygens (including phenoxy) is 1. The Bertz CT molecular complexity index is 1710. The average molecular weight is 685 g/mol. The zero-order valence-corrected chi connectivity index (χ0v) is 29.1. The van der Waals surface area contributed by atoms with Gasteiger partial charge in [-0.05, 0) is 93.7 Å². The fourth-order valence-corrected chi connectivity index (χ4v) is 7.06. The van der Waals surface area contributed by atoms with Crippen LogP contribution in [0.4, 0.5) is 10.5 Å². The van der Waals surface area contributed by atoms with Crippen molar-refractivity contribution in [1.29, 1.82) is 0 Å². The van der Waals surface area contributed by atoms with E-state index in [1.54, 1.807) is 12.1 Å². The Morgan fingerprint density at radius 2 is 1.66 bits per heavy atom. The molecule has 3 aromatic carbocycles. The number of hydrogen-bond donors (Lipinski definition) is 5. The number of rotatable bonds is 18. The monoisotopic (exact) mass is 684 g/mol. The molecule has 1 aromatic heterocycles. The van der Waals surface area contributed by atoms with Gasteiger partial charge in [-0.25, -0.2) is 4.79 Å². The highest BCUT2D eigenvalue weighted by molar-refractivity contribution is 5.88. The van der Waals surface area contributed by atoms with Gasteiger partial charge in [0.2, 0.25) is 5.56 Å². The first-order chi connectivity index (χ1) is 24.3. The lowest BCUT2D eigenvalue weighted by Crippen LogP contribution is -2.42. The smallest absolute Gasteiger partial charge is 0.412 e. The highest BCUT2D eigenvalue weighted by Gasteiger charge is 2.35. The number of H-pyrrole nitrogens is 1. The van der Waals surface area contributed by atoms with Crippen molar-refractivity contribution in [3.63, 3.8) is 0 Å². The number of benzene rings is 3. The molecule has 1 aliphatic heterocycles. The van der Waals surface area contributed by atoms with E-state index in [4.69, 9.17) is 4.74 Å². The fraction of sp³-hybridized carbons (Fsp3) is 0.450. The molecule has 1 saturated heterocycles. The Morgan fingerprint density at radius 3 is 2.40 bits per heavy atom. The van der Waals surface area contributed by atoms with Crippen molar-refractivity contribution < 1.29 is 24.9 Å². The number of anilines is 1. The molecule has 2 atom stereocenters.